The van der Waals surface area contributed by atoms with Gasteiger partial charge >= 0.3 is 0 Å². The van der Waals surface area contributed by atoms with E-state index < -0.39 is 0 Å². The third kappa shape index (κ3) is 6.27. The van der Waals surface area contributed by atoms with E-state index in [0.29, 0.717) is 5.92 Å². The number of nitrogens with zero attached hydrogens (tertiary/aromatic N) is 2. The Labute approximate surface area is 176 Å². The van der Waals surface area contributed by atoms with E-state index in [0.717, 1.165) is 57.4 Å². The number of carbonyl (C=O) groups is 1. The third-order valence-electron chi connectivity index (χ3n) is 6.90. The van der Waals surface area contributed by atoms with Crippen LogP contribution >= 0.6 is 0 Å². The Morgan fingerprint density at radius 2 is 1.83 bits per heavy atom. The molecule has 1 amide bonds. The highest BCUT2D eigenvalue weighted by molar-refractivity contribution is 5.95. The molecule has 2 saturated heterocycles. The predicted molar refractivity (Wildman–Crippen MR) is 119 cm³/mol. The van der Waals surface area contributed by atoms with E-state index >= 15 is 0 Å². The first-order chi connectivity index (χ1) is 14.1. The van der Waals surface area contributed by atoms with E-state index in [4.69, 9.17) is 4.74 Å². The molecule has 3 rings (SSSR count). The van der Waals surface area contributed by atoms with E-state index in [9.17, 15) is 4.79 Å². The number of carbonyl (C=O) groups excluding carboxylic acids is 1. The molecule has 1 aromatic rings. The molecule has 0 spiro atoms. The quantitative estimate of drug-likeness (QED) is 0.716. The van der Waals surface area contributed by atoms with Crippen LogP contribution in [0.5, 0.6) is 0 Å². The van der Waals surface area contributed by atoms with Gasteiger partial charge in [0.15, 0.2) is 0 Å². The maximum absolute atomic E-state index is 12.9. The second-order valence-corrected chi connectivity index (χ2v) is 8.78. The Morgan fingerprint density at radius 1 is 1.14 bits per heavy atom. The maximum atomic E-state index is 12.9. The summed E-state index contributed by atoms with van der Waals surface area (Å²) in [7, 11) is 0. The zero-order valence-electron chi connectivity index (χ0n) is 18.5. The smallest absolute Gasteiger partial charge is 0.241 e. The van der Waals surface area contributed by atoms with E-state index in [2.05, 4.69) is 48.0 Å². The Bertz CT molecular complexity index is 637. The molecular formula is C24H39N3O2. The average molecular weight is 402 g/mol. The molecule has 1 aromatic carbocycles. The summed E-state index contributed by atoms with van der Waals surface area (Å²) in [4.78, 5) is 17.8. The summed E-state index contributed by atoms with van der Waals surface area (Å²) < 4.78 is 5.44. The van der Waals surface area contributed by atoms with Crippen LogP contribution in [0.2, 0.25) is 0 Å². The first-order valence-electron chi connectivity index (χ1n) is 11.5. The molecule has 2 unspecified atom stereocenters. The Kier molecular flexibility index (Phi) is 8.52. The highest BCUT2D eigenvalue weighted by atomic mass is 16.5. The van der Waals surface area contributed by atoms with Crippen molar-refractivity contribution in [3.63, 3.8) is 0 Å². The van der Waals surface area contributed by atoms with Crippen LogP contribution in [0.4, 0.5) is 5.69 Å². The number of ether oxygens (including phenoxy) is 1. The van der Waals surface area contributed by atoms with Gasteiger partial charge in [-0.15, -0.1) is 0 Å². The molecule has 0 aliphatic carbocycles. The van der Waals surface area contributed by atoms with Crippen LogP contribution in [-0.2, 0) is 9.53 Å². The summed E-state index contributed by atoms with van der Waals surface area (Å²) in [5.41, 5.74) is 2.21. The number of nitrogens with one attached hydrogen (secondary N) is 1. The van der Waals surface area contributed by atoms with Crippen molar-refractivity contribution in [2.24, 2.45) is 5.92 Å². The normalized spacial score (nSPS) is 21.6. The lowest BCUT2D eigenvalue weighted by atomic mass is 9.92. The van der Waals surface area contributed by atoms with Gasteiger partial charge in [0.05, 0.1) is 19.3 Å². The van der Waals surface area contributed by atoms with Gasteiger partial charge in [0, 0.05) is 18.8 Å². The number of para-hydroxylation sites is 1. The minimum Gasteiger partial charge on any atom is -0.379 e. The molecule has 5 heteroatoms. The van der Waals surface area contributed by atoms with Gasteiger partial charge in [-0.1, -0.05) is 32.0 Å². The fourth-order valence-electron chi connectivity index (χ4n) is 4.48. The Hall–Kier alpha value is -1.43. The van der Waals surface area contributed by atoms with Crippen molar-refractivity contribution in [2.45, 2.75) is 58.4 Å². The van der Waals surface area contributed by atoms with Crippen molar-refractivity contribution in [1.29, 1.82) is 0 Å². The van der Waals surface area contributed by atoms with E-state index in [-0.39, 0.29) is 11.9 Å². The van der Waals surface area contributed by atoms with E-state index in [1.54, 1.807) is 0 Å². The lowest BCUT2D eigenvalue weighted by Crippen LogP contribution is -2.46. The van der Waals surface area contributed by atoms with Crippen molar-refractivity contribution < 1.29 is 9.53 Å². The molecule has 0 bridgehead atoms. The van der Waals surface area contributed by atoms with Gasteiger partial charge in [0.1, 0.15) is 0 Å². The summed E-state index contributed by atoms with van der Waals surface area (Å²) in [5.74, 6) is 1.35. The van der Waals surface area contributed by atoms with Crippen LogP contribution in [0, 0.1) is 5.92 Å². The van der Waals surface area contributed by atoms with Gasteiger partial charge in [-0.3, -0.25) is 14.6 Å². The average Bonchev–Trinajstić information content (AvgIpc) is 2.78. The van der Waals surface area contributed by atoms with Crippen molar-refractivity contribution in [3.8, 4) is 0 Å². The predicted octanol–water partition coefficient (Wildman–Crippen LogP) is 3.96. The maximum Gasteiger partial charge on any atom is 0.241 e. The number of anilines is 1. The van der Waals surface area contributed by atoms with Crippen molar-refractivity contribution in [2.75, 3.05) is 51.3 Å². The summed E-state index contributed by atoms with van der Waals surface area (Å²) in [6.07, 6.45) is 4.74. The lowest BCUT2D eigenvalue weighted by Gasteiger charge is -2.36. The second kappa shape index (κ2) is 11.1. The SMILES string of the molecule is CCC(C)c1ccccc1NC(=O)C(C)N1CCC(CCN2CCOCC2)CC1. The summed E-state index contributed by atoms with van der Waals surface area (Å²) >= 11 is 0. The number of rotatable bonds is 8. The number of likely N-dealkylation sites (tertiary alicyclic amines) is 1. The number of hydrogen-bond donors (Lipinski definition) is 1. The number of piperidine rings is 1. The van der Waals surface area contributed by atoms with Gasteiger partial charge in [-0.25, -0.2) is 0 Å². The number of benzene rings is 1. The lowest BCUT2D eigenvalue weighted by molar-refractivity contribution is -0.121. The largest absolute Gasteiger partial charge is 0.379 e. The van der Waals surface area contributed by atoms with E-state index in [1.807, 2.05) is 12.1 Å². The molecule has 0 aromatic heterocycles. The highest BCUT2D eigenvalue weighted by Crippen LogP contribution is 2.27. The zero-order valence-corrected chi connectivity index (χ0v) is 18.5. The molecule has 2 heterocycles. The second-order valence-electron chi connectivity index (χ2n) is 8.78. The summed E-state index contributed by atoms with van der Waals surface area (Å²) in [6, 6.07) is 8.15. The summed E-state index contributed by atoms with van der Waals surface area (Å²) in [5, 5.41) is 3.20. The molecule has 0 saturated carbocycles. The van der Waals surface area contributed by atoms with Crippen LogP contribution in [0.25, 0.3) is 0 Å². The van der Waals surface area contributed by atoms with Crippen LogP contribution in [-0.4, -0.2) is 67.7 Å². The standard InChI is InChI=1S/C24H39N3O2/c1-4-19(2)22-7-5-6-8-23(22)25-24(28)20(3)27-13-10-21(11-14-27)9-12-26-15-17-29-18-16-26/h5-8,19-21H,4,9-18H2,1-3H3,(H,25,28). The molecule has 1 N–H and O–H groups in total. The van der Waals surface area contributed by atoms with Crippen molar-refractivity contribution in [3.05, 3.63) is 29.8 Å². The zero-order chi connectivity index (χ0) is 20.6. The Morgan fingerprint density at radius 3 is 2.52 bits per heavy atom. The highest BCUT2D eigenvalue weighted by Gasteiger charge is 2.27. The molecule has 162 valence electrons. The molecule has 2 aliphatic heterocycles. The molecule has 0 radical (unpaired) electrons. The molecule has 2 atom stereocenters. The van der Waals surface area contributed by atoms with E-state index in [1.165, 1.54) is 31.4 Å². The molecular weight excluding hydrogens is 362 g/mol. The monoisotopic (exact) mass is 401 g/mol. The number of amides is 1. The first-order valence-corrected chi connectivity index (χ1v) is 11.5. The van der Waals surface area contributed by atoms with Gasteiger partial charge < -0.3 is 10.1 Å². The van der Waals surface area contributed by atoms with Gasteiger partial charge in [-0.05, 0) is 75.7 Å². The topological polar surface area (TPSA) is 44.8 Å². The van der Waals surface area contributed by atoms with Gasteiger partial charge in [-0.2, -0.15) is 0 Å². The van der Waals surface area contributed by atoms with Crippen molar-refractivity contribution >= 4 is 11.6 Å². The van der Waals surface area contributed by atoms with Gasteiger partial charge in [0.25, 0.3) is 0 Å². The molecule has 2 aliphatic rings. The minimum atomic E-state index is -0.0832. The van der Waals surface area contributed by atoms with Gasteiger partial charge in [0.2, 0.25) is 5.91 Å². The van der Waals surface area contributed by atoms with Crippen LogP contribution in [0.3, 0.4) is 0 Å². The van der Waals surface area contributed by atoms with Crippen LogP contribution in [0.1, 0.15) is 57.9 Å². The molecule has 2 fully saturated rings. The Balaban J connectivity index is 1.45. The fraction of sp³-hybridized carbons (Fsp3) is 0.708. The summed E-state index contributed by atoms with van der Waals surface area (Å²) in [6.45, 7) is 13.6. The fourth-order valence-corrected chi connectivity index (χ4v) is 4.48. The number of morpholine rings is 1. The first kappa shape index (κ1) is 22.3. The van der Waals surface area contributed by atoms with Crippen molar-refractivity contribution in [1.82, 2.24) is 9.80 Å². The number of hydrogen-bond acceptors (Lipinski definition) is 4. The van der Waals surface area contributed by atoms with Crippen LogP contribution in [0.15, 0.2) is 24.3 Å². The molecule has 29 heavy (non-hydrogen) atoms. The van der Waals surface area contributed by atoms with Crippen LogP contribution < -0.4 is 5.32 Å². The third-order valence-corrected chi connectivity index (χ3v) is 6.90. The minimum absolute atomic E-state index is 0.0832. The molecule has 5 nitrogen and oxygen atoms in total.